The molecule has 0 amide bonds. The number of nitrogens with zero attached hydrogens (tertiary/aromatic N) is 2. The SMILES string of the molecule is O=S1(=O)CCCC1c1nc2ncccc2[nH]1. The fourth-order valence-corrected chi connectivity index (χ4v) is 3.95. The molecule has 2 aromatic heterocycles. The van der Waals surface area contributed by atoms with Crippen molar-refractivity contribution in [1.29, 1.82) is 0 Å². The molecule has 6 heteroatoms. The van der Waals surface area contributed by atoms with Crippen LogP contribution in [0.3, 0.4) is 0 Å². The van der Waals surface area contributed by atoms with E-state index in [4.69, 9.17) is 0 Å². The number of H-pyrrole nitrogens is 1. The monoisotopic (exact) mass is 237 g/mol. The van der Waals surface area contributed by atoms with Gasteiger partial charge in [-0.15, -0.1) is 0 Å². The second-order valence-corrected chi connectivity index (χ2v) is 6.30. The zero-order valence-corrected chi connectivity index (χ0v) is 9.37. The summed E-state index contributed by atoms with van der Waals surface area (Å²) in [5.74, 6) is 0.800. The van der Waals surface area contributed by atoms with E-state index in [2.05, 4.69) is 15.0 Å². The summed E-state index contributed by atoms with van der Waals surface area (Å²) in [6, 6.07) is 3.65. The van der Waals surface area contributed by atoms with Crippen molar-refractivity contribution in [2.75, 3.05) is 5.75 Å². The fourth-order valence-electron chi connectivity index (χ4n) is 2.11. The van der Waals surface area contributed by atoms with Gasteiger partial charge in [0.2, 0.25) is 0 Å². The number of rotatable bonds is 1. The van der Waals surface area contributed by atoms with Gasteiger partial charge in [-0.3, -0.25) is 0 Å². The second-order valence-electron chi connectivity index (χ2n) is 3.99. The minimum absolute atomic E-state index is 0.266. The molecule has 84 valence electrons. The van der Waals surface area contributed by atoms with Crippen molar-refractivity contribution in [2.24, 2.45) is 0 Å². The quantitative estimate of drug-likeness (QED) is 0.808. The van der Waals surface area contributed by atoms with Crippen molar-refractivity contribution in [3.05, 3.63) is 24.2 Å². The van der Waals surface area contributed by atoms with Crippen molar-refractivity contribution in [2.45, 2.75) is 18.1 Å². The van der Waals surface area contributed by atoms with Gasteiger partial charge in [-0.05, 0) is 25.0 Å². The summed E-state index contributed by atoms with van der Waals surface area (Å²) in [6.07, 6.45) is 3.02. The summed E-state index contributed by atoms with van der Waals surface area (Å²) >= 11 is 0. The largest absolute Gasteiger partial charge is 0.340 e. The van der Waals surface area contributed by atoms with E-state index < -0.39 is 15.1 Å². The molecule has 0 spiro atoms. The Morgan fingerprint density at radius 1 is 1.44 bits per heavy atom. The Balaban J connectivity index is 2.13. The summed E-state index contributed by atoms with van der Waals surface area (Å²) in [5, 5.41) is -0.471. The standard InChI is InChI=1S/C10H11N3O2S/c14-16(15)6-2-4-8(16)10-12-7-3-1-5-11-9(7)13-10/h1,3,5,8H,2,4,6H2,(H,11,12,13). The third-order valence-corrected chi connectivity index (χ3v) is 5.09. The molecule has 1 atom stereocenters. The lowest BCUT2D eigenvalue weighted by atomic mass is 10.2. The molecule has 1 N–H and O–H groups in total. The van der Waals surface area contributed by atoms with Crippen LogP contribution in [0.5, 0.6) is 0 Å². The van der Waals surface area contributed by atoms with Crippen LogP contribution in [-0.2, 0) is 9.84 Å². The molecular formula is C10H11N3O2S. The fraction of sp³-hybridized carbons (Fsp3) is 0.400. The zero-order chi connectivity index (χ0) is 11.2. The van der Waals surface area contributed by atoms with E-state index in [-0.39, 0.29) is 5.75 Å². The molecule has 1 aliphatic rings. The normalized spacial score (nSPS) is 23.9. The zero-order valence-electron chi connectivity index (χ0n) is 8.55. The predicted octanol–water partition coefficient (Wildman–Crippen LogP) is 1.21. The van der Waals surface area contributed by atoms with E-state index in [0.717, 1.165) is 11.9 Å². The van der Waals surface area contributed by atoms with Crippen LogP contribution in [0.15, 0.2) is 18.3 Å². The number of aromatic amines is 1. The van der Waals surface area contributed by atoms with Gasteiger partial charge in [0.1, 0.15) is 11.1 Å². The predicted molar refractivity (Wildman–Crippen MR) is 59.7 cm³/mol. The molecular weight excluding hydrogens is 226 g/mol. The second kappa shape index (κ2) is 3.28. The van der Waals surface area contributed by atoms with E-state index in [1.165, 1.54) is 0 Å². The van der Waals surface area contributed by atoms with Gasteiger partial charge in [-0.1, -0.05) is 0 Å². The summed E-state index contributed by atoms with van der Waals surface area (Å²) in [5.41, 5.74) is 1.37. The van der Waals surface area contributed by atoms with Crippen LogP contribution in [0.4, 0.5) is 0 Å². The highest BCUT2D eigenvalue weighted by molar-refractivity contribution is 7.91. The van der Waals surface area contributed by atoms with Crippen molar-refractivity contribution >= 4 is 21.0 Å². The Labute approximate surface area is 92.8 Å². The highest BCUT2D eigenvalue weighted by atomic mass is 32.2. The molecule has 0 radical (unpaired) electrons. The number of aromatic nitrogens is 3. The number of pyridine rings is 1. The van der Waals surface area contributed by atoms with Crippen LogP contribution in [0.2, 0.25) is 0 Å². The molecule has 16 heavy (non-hydrogen) atoms. The number of nitrogens with one attached hydrogen (secondary N) is 1. The van der Waals surface area contributed by atoms with E-state index in [1.54, 1.807) is 12.3 Å². The first-order chi connectivity index (χ1) is 7.67. The molecule has 0 aromatic carbocycles. The highest BCUT2D eigenvalue weighted by Gasteiger charge is 2.34. The van der Waals surface area contributed by atoms with E-state index in [1.807, 2.05) is 6.07 Å². The number of fused-ring (bicyclic) bond motifs is 1. The first-order valence-corrected chi connectivity index (χ1v) is 6.90. The maximum Gasteiger partial charge on any atom is 0.177 e. The van der Waals surface area contributed by atoms with E-state index >= 15 is 0 Å². The van der Waals surface area contributed by atoms with Gasteiger partial charge in [-0.2, -0.15) is 0 Å². The van der Waals surface area contributed by atoms with Crippen molar-refractivity contribution in [3.63, 3.8) is 0 Å². The Bertz CT molecular complexity index is 599. The maximum atomic E-state index is 11.8. The molecule has 1 unspecified atom stereocenters. The average Bonchev–Trinajstić information content (AvgIpc) is 2.79. The summed E-state index contributed by atoms with van der Waals surface area (Å²) in [4.78, 5) is 11.4. The van der Waals surface area contributed by atoms with E-state index in [0.29, 0.717) is 17.9 Å². The molecule has 0 saturated carbocycles. The first-order valence-electron chi connectivity index (χ1n) is 5.19. The van der Waals surface area contributed by atoms with E-state index in [9.17, 15) is 8.42 Å². The van der Waals surface area contributed by atoms with Gasteiger partial charge < -0.3 is 4.98 Å². The Morgan fingerprint density at radius 3 is 3.00 bits per heavy atom. The summed E-state index contributed by atoms with van der Waals surface area (Å²) in [6.45, 7) is 0. The number of imidazole rings is 1. The third kappa shape index (κ3) is 1.41. The third-order valence-electron chi connectivity index (χ3n) is 2.91. The van der Waals surface area contributed by atoms with Gasteiger partial charge in [0.15, 0.2) is 15.5 Å². The lowest BCUT2D eigenvalue weighted by molar-refractivity contribution is 0.589. The van der Waals surface area contributed by atoms with Gasteiger partial charge in [0, 0.05) is 6.20 Å². The Hall–Kier alpha value is -1.43. The van der Waals surface area contributed by atoms with Gasteiger partial charge >= 0.3 is 0 Å². The molecule has 3 heterocycles. The molecule has 2 aromatic rings. The molecule has 3 rings (SSSR count). The maximum absolute atomic E-state index is 11.8. The smallest absolute Gasteiger partial charge is 0.177 e. The average molecular weight is 237 g/mol. The number of sulfone groups is 1. The Morgan fingerprint density at radius 2 is 2.31 bits per heavy atom. The van der Waals surface area contributed by atoms with Crippen LogP contribution in [0.1, 0.15) is 23.9 Å². The van der Waals surface area contributed by atoms with Crippen LogP contribution in [0.25, 0.3) is 11.2 Å². The molecule has 0 bridgehead atoms. The minimum atomic E-state index is -3.01. The lowest BCUT2D eigenvalue weighted by Crippen LogP contribution is -2.09. The molecule has 1 saturated heterocycles. The highest BCUT2D eigenvalue weighted by Crippen LogP contribution is 2.33. The number of hydrogen-bond acceptors (Lipinski definition) is 4. The van der Waals surface area contributed by atoms with Crippen molar-refractivity contribution < 1.29 is 8.42 Å². The molecule has 1 aliphatic heterocycles. The van der Waals surface area contributed by atoms with Crippen molar-refractivity contribution in [3.8, 4) is 0 Å². The van der Waals surface area contributed by atoms with Crippen LogP contribution >= 0.6 is 0 Å². The molecule has 1 fully saturated rings. The van der Waals surface area contributed by atoms with Gasteiger partial charge in [0.05, 0.1) is 11.3 Å². The lowest BCUT2D eigenvalue weighted by Gasteiger charge is -2.03. The first kappa shape index (κ1) is 9.77. The van der Waals surface area contributed by atoms with Crippen LogP contribution in [0, 0.1) is 0 Å². The van der Waals surface area contributed by atoms with Gasteiger partial charge in [0.25, 0.3) is 0 Å². The number of hydrogen-bond donors (Lipinski definition) is 1. The minimum Gasteiger partial charge on any atom is -0.340 e. The Kier molecular flexibility index (Phi) is 2.00. The topological polar surface area (TPSA) is 75.7 Å². The van der Waals surface area contributed by atoms with Crippen LogP contribution in [-0.4, -0.2) is 29.1 Å². The summed E-state index contributed by atoms with van der Waals surface area (Å²) < 4.78 is 23.5. The molecule has 5 nitrogen and oxygen atoms in total. The van der Waals surface area contributed by atoms with Crippen LogP contribution < -0.4 is 0 Å². The summed E-state index contributed by atoms with van der Waals surface area (Å²) in [7, 11) is -3.01. The van der Waals surface area contributed by atoms with Gasteiger partial charge in [-0.25, -0.2) is 18.4 Å². The van der Waals surface area contributed by atoms with Crippen molar-refractivity contribution in [1.82, 2.24) is 15.0 Å². The molecule has 0 aliphatic carbocycles.